The molecule has 2 amide bonds. The predicted octanol–water partition coefficient (Wildman–Crippen LogP) is 0.875. The molecule has 0 bridgehead atoms. The largest absolute Gasteiger partial charge is 0.294 e. The first-order valence-corrected chi connectivity index (χ1v) is 8.02. The SMILES string of the molecule is CC1(C)C(=O)NC(=O)CN1S(=O)(=O)c1ccccc1Br. The van der Waals surface area contributed by atoms with E-state index in [1.165, 1.54) is 19.9 Å². The smallest absolute Gasteiger partial charge is 0.247 e. The summed E-state index contributed by atoms with van der Waals surface area (Å²) in [6.07, 6.45) is 0. The second kappa shape index (κ2) is 4.94. The normalized spacial score (nSPS) is 19.8. The van der Waals surface area contributed by atoms with Gasteiger partial charge in [-0.25, -0.2) is 8.42 Å². The predicted molar refractivity (Wildman–Crippen MR) is 75.3 cm³/mol. The molecule has 0 unspecified atom stereocenters. The van der Waals surface area contributed by atoms with Crippen molar-refractivity contribution in [2.45, 2.75) is 24.3 Å². The molecule has 1 aliphatic heterocycles. The number of carbonyl (C=O) groups is 2. The summed E-state index contributed by atoms with van der Waals surface area (Å²) in [6, 6.07) is 6.27. The lowest BCUT2D eigenvalue weighted by atomic mass is 10.0. The Morgan fingerprint density at radius 2 is 1.85 bits per heavy atom. The van der Waals surface area contributed by atoms with Crippen LogP contribution >= 0.6 is 15.9 Å². The molecule has 1 aliphatic rings. The van der Waals surface area contributed by atoms with Crippen molar-refractivity contribution in [2.75, 3.05) is 6.54 Å². The summed E-state index contributed by atoms with van der Waals surface area (Å²) in [5, 5.41) is 2.14. The third-order valence-electron chi connectivity index (χ3n) is 3.12. The van der Waals surface area contributed by atoms with Gasteiger partial charge in [0.05, 0.1) is 11.4 Å². The highest BCUT2D eigenvalue weighted by molar-refractivity contribution is 9.10. The lowest BCUT2D eigenvalue weighted by molar-refractivity contribution is -0.141. The molecule has 0 spiro atoms. The molecule has 8 heteroatoms. The van der Waals surface area contributed by atoms with Crippen molar-refractivity contribution in [1.82, 2.24) is 9.62 Å². The zero-order chi connectivity index (χ0) is 15.1. The van der Waals surface area contributed by atoms with E-state index in [9.17, 15) is 18.0 Å². The number of rotatable bonds is 2. The van der Waals surface area contributed by atoms with Gasteiger partial charge in [0.25, 0.3) is 0 Å². The zero-order valence-electron chi connectivity index (χ0n) is 10.9. The molecular weight excluding hydrogens is 348 g/mol. The maximum absolute atomic E-state index is 12.7. The van der Waals surface area contributed by atoms with E-state index in [0.717, 1.165) is 4.31 Å². The molecule has 0 radical (unpaired) electrons. The van der Waals surface area contributed by atoms with Crippen LogP contribution in [0.4, 0.5) is 0 Å². The standard InChI is InChI=1S/C12H13BrN2O4S/c1-12(2)11(17)14-10(16)7-15(12)20(18,19)9-6-4-3-5-8(9)13/h3-6H,7H2,1-2H3,(H,14,16,17). The van der Waals surface area contributed by atoms with Crippen LogP contribution in [0.25, 0.3) is 0 Å². The molecule has 2 rings (SSSR count). The molecule has 1 aromatic rings. The number of imide groups is 1. The van der Waals surface area contributed by atoms with Crippen molar-refractivity contribution >= 4 is 37.8 Å². The van der Waals surface area contributed by atoms with E-state index in [2.05, 4.69) is 21.2 Å². The Morgan fingerprint density at radius 1 is 1.25 bits per heavy atom. The number of hydrogen-bond donors (Lipinski definition) is 1. The first-order chi connectivity index (χ1) is 9.17. The number of piperazine rings is 1. The van der Waals surface area contributed by atoms with E-state index >= 15 is 0 Å². The Hall–Kier alpha value is -1.25. The van der Waals surface area contributed by atoms with E-state index in [-0.39, 0.29) is 11.4 Å². The van der Waals surface area contributed by atoms with Crippen LogP contribution in [0.15, 0.2) is 33.6 Å². The highest BCUT2D eigenvalue weighted by Crippen LogP contribution is 2.30. The quantitative estimate of drug-likeness (QED) is 0.793. The highest BCUT2D eigenvalue weighted by atomic mass is 79.9. The zero-order valence-corrected chi connectivity index (χ0v) is 13.3. The van der Waals surface area contributed by atoms with Gasteiger partial charge in [-0.3, -0.25) is 14.9 Å². The van der Waals surface area contributed by atoms with Crippen molar-refractivity contribution in [3.05, 3.63) is 28.7 Å². The van der Waals surface area contributed by atoms with Gasteiger partial charge in [0.1, 0.15) is 5.54 Å². The van der Waals surface area contributed by atoms with Crippen LogP contribution in [-0.2, 0) is 19.6 Å². The van der Waals surface area contributed by atoms with Crippen LogP contribution in [-0.4, -0.2) is 36.6 Å². The number of amides is 2. The molecule has 0 aliphatic carbocycles. The number of halogens is 1. The van der Waals surface area contributed by atoms with Crippen LogP contribution < -0.4 is 5.32 Å². The second-order valence-corrected chi connectivity index (χ2v) is 7.56. The number of hydrogen-bond acceptors (Lipinski definition) is 4. The van der Waals surface area contributed by atoms with Gasteiger partial charge in [-0.1, -0.05) is 12.1 Å². The molecule has 0 saturated carbocycles. The topological polar surface area (TPSA) is 83.6 Å². The van der Waals surface area contributed by atoms with E-state index in [1.807, 2.05) is 0 Å². The number of sulfonamides is 1. The average molecular weight is 361 g/mol. The maximum Gasteiger partial charge on any atom is 0.247 e. The molecule has 1 fully saturated rings. The van der Waals surface area contributed by atoms with Gasteiger partial charge in [0, 0.05) is 4.47 Å². The van der Waals surface area contributed by atoms with Crippen molar-refractivity contribution in [1.29, 1.82) is 0 Å². The minimum absolute atomic E-state index is 0.0237. The highest BCUT2D eigenvalue weighted by Gasteiger charge is 2.47. The van der Waals surface area contributed by atoms with E-state index < -0.39 is 27.4 Å². The Morgan fingerprint density at radius 3 is 2.45 bits per heavy atom. The fraction of sp³-hybridized carbons (Fsp3) is 0.333. The van der Waals surface area contributed by atoms with Gasteiger partial charge >= 0.3 is 0 Å². The summed E-state index contributed by atoms with van der Waals surface area (Å²) >= 11 is 3.18. The van der Waals surface area contributed by atoms with Gasteiger partial charge in [-0.05, 0) is 41.9 Å². The number of carbonyl (C=O) groups excluding carboxylic acids is 2. The minimum atomic E-state index is -3.96. The second-order valence-electron chi connectivity index (χ2n) is 4.88. The van der Waals surface area contributed by atoms with E-state index in [1.54, 1.807) is 18.2 Å². The molecular formula is C12H13BrN2O4S. The molecule has 0 atom stereocenters. The number of nitrogens with one attached hydrogen (secondary N) is 1. The van der Waals surface area contributed by atoms with Crippen LogP contribution in [0.5, 0.6) is 0 Å². The molecule has 1 aromatic carbocycles. The summed E-state index contributed by atoms with van der Waals surface area (Å²) < 4.78 is 26.7. The van der Waals surface area contributed by atoms with Crippen molar-refractivity contribution in [2.24, 2.45) is 0 Å². The van der Waals surface area contributed by atoms with E-state index in [4.69, 9.17) is 0 Å². The van der Waals surface area contributed by atoms with Gasteiger partial charge in [0.2, 0.25) is 21.8 Å². The Balaban J connectivity index is 2.56. The van der Waals surface area contributed by atoms with Crippen LogP contribution in [0.3, 0.4) is 0 Å². The number of nitrogens with zero attached hydrogens (tertiary/aromatic N) is 1. The Kier molecular flexibility index (Phi) is 3.74. The molecule has 0 aromatic heterocycles. The fourth-order valence-electron chi connectivity index (χ4n) is 1.92. The Bertz CT molecular complexity index is 684. The lowest BCUT2D eigenvalue weighted by Crippen LogP contribution is -2.65. The Labute approximate surface area is 125 Å². The minimum Gasteiger partial charge on any atom is -0.294 e. The summed E-state index contributed by atoms with van der Waals surface area (Å²) in [5.74, 6) is -1.27. The van der Waals surface area contributed by atoms with Crippen LogP contribution in [0.1, 0.15) is 13.8 Å². The van der Waals surface area contributed by atoms with E-state index in [0.29, 0.717) is 4.47 Å². The maximum atomic E-state index is 12.7. The third kappa shape index (κ3) is 2.38. The lowest BCUT2D eigenvalue weighted by Gasteiger charge is -2.38. The fourth-order valence-corrected chi connectivity index (χ4v) is 4.59. The van der Waals surface area contributed by atoms with Crippen LogP contribution in [0.2, 0.25) is 0 Å². The van der Waals surface area contributed by atoms with Gasteiger partial charge in [0.15, 0.2) is 0 Å². The first kappa shape index (κ1) is 15.1. The van der Waals surface area contributed by atoms with Crippen molar-refractivity contribution in [3.63, 3.8) is 0 Å². The molecule has 1 N–H and O–H groups in total. The monoisotopic (exact) mass is 360 g/mol. The van der Waals surface area contributed by atoms with Gasteiger partial charge in [-0.2, -0.15) is 4.31 Å². The summed E-state index contributed by atoms with van der Waals surface area (Å²) in [7, 11) is -3.96. The van der Waals surface area contributed by atoms with Crippen molar-refractivity contribution in [3.8, 4) is 0 Å². The molecule has 6 nitrogen and oxygen atoms in total. The van der Waals surface area contributed by atoms with Gasteiger partial charge < -0.3 is 0 Å². The van der Waals surface area contributed by atoms with Crippen LogP contribution in [0, 0.1) is 0 Å². The summed E-state index contributed by atoms with van der Waals surface area (Å²) in [6.45, 7) is 2.54. The summed E-state index contributed by atoms with van der Waals surface area (Å²) in [5.41, 5.74) is -1.33. The first-order valence-electron chi connectivity index (χ1n) is 5.79. The average Bonchev–Trinajstić information content (AvgIpc) is 2.34. The number of benzene rings is 1. The van der Waals surface area contributed by atoms with Crippen molar-refractivity contribution < 1.29 is 18.0 Å². The van der Waals surface area contributed by atoms with Gasteiger partial charge in [-0.15, -0.1) is 0 Å². The molecule has 108 valence electrons. The summed E-state index contributed by atoms with van der Waals surface area (Å²) in [4.78, 5) is 23.4. The molecule has 20 heavy (non-hydrogen) atoms. The third-order valence-corrected chi connectivity index (χ3v) is 6.16. The molecule has 1 heterocycles. The molecule has 1 saturated heterocycles.